The first-order chi connectivity index (χ1) is 14.0. The fourth-order valence-corrected chi connectivity index (χ4v) is 3.95. The van der Waals surface area contributed by atoms with Gasteiger partial charge in [-0.15, -0.1) is 0 Å². The van der Waals surface area contributed by atoms with Crippen LogP contribution in [0.25, 0.3) is 11.1 Å². The maximum Gasteiger partial charge on any atom is 0.410 e. The number of piperidine rings is 1. The highest BCUT2D eigenvalue weighted by molar-refractivity contribution is 7.90. The monoisotopic (exact) mass is 431 g/mol. The predicted octanol–water partition coefficient (Wildman–Crippen LogP) is 4.54. The van der Waals surface area contributed by atoms with Crippen LogP contribution in [-0.4, -0.2) is 50.5 Å². The van der Waals surface area contributed by atoms with Crippen LogP contribution in [0.15, 0.2) is 53.4 Å². The number of sulfone groups is 1. The lowest BCUT2D eigenvalue weighted by Crippen LogP contribution is -2.44. The molecule has 7 heteroatoms. The first-order valence-corrected chi connectivity index (χ1v) is 12.0. The highest BCUT2D eigenvalue weighted by Crippen LogP contribution is 2.27. The molecule has 1 saturated heterocycles. The molecule has 2 aromatic rings. The summed E-state index contributed by atoms with van der Waals surface area (Å²) in [5, 5.41) is 0. The zero-order valence-electron chi connectivity index (χ0n) is 17.9. The van der Waals surface area contributed by atoms with Crippen molar-refractivity contribution in [3.8, 4) is 16.9 Å². The predicted molar refractivity (Wildman–Crippen MR) is 116 cm³/mol. The van der Waals surface area contributed by atoms with Gasteiger partial charge in [0.1, 0.15) is 17.5 Å². The largest absolute Gasteiger partial charge is 0.490 e. The topological polar surface area (TPSA) is 72.9 Å². The number of carbonyl (C=O) groups is 1. The molecule has 0 bridgehead atoms. The van der Waals surface area contributed by atoms with E-state index in [0.717, 1.165) is 29.7 Å². The van der Waals surface area contributed by atoms with Crippen molar-refractivity contribution in [1.29, 1.82) is 0 Å². The molecule has 0 spiro atoms. The number of hydrogen-bond acceptors (Lipinski definition) is 5. The van der Waals surface area contributed by atoms with E-state index in [1.54, 1.807) is 29.2 Å². The van der Waals surface area contributed by atoms with Gasteiger partial charge in [-0.3, -0.25) is 0 Å². The van der Waals surface area contributed by atoms with E-state index in [-0.39, 0.29) is 12.2 Å². The van der Waals surface area contributed by atoms with E-state index in [1.807, 2.05) is 45.0 Å². The van der Waals surface area contributed by atoms with Crippen LogP contribution in [0.1, 0.15) is 33.6 Å². The lowest BCUT2D eigenvalue weighted by Gasteiger charge is -2.33. The Morgan fingerprint density at radius 3 is 2.20 bits per heavy atom. The van der Waals surface area contributed by atoms with Crippen LogP contribution in [0.3, 0.4) is 0 Å². The van der Waals surface area contributed by atoms with Crippen molar-refractivity contribution in [2.24, 2.45) is 0 Å². The van der Waals surface area contributed by atoms with Crippen molar-refractivity contribution in [2.75, 3.05) is 19.3 Å². The maximum atomic E-state index is 12.2. The lowest BCUT2D eigenvalue weighted by molar-refractivity contribution is 0.0126. The van der Waals surface area contributed by atoms with Crippen molar-refractivity contribution in [3.63, 3.8) is 0 Å². The van der Waals surface area contributed by atoms with Crippen molar-refractivity contribution in [3.05, 3.63) is 48.5 Å². The summed E-state index contributed by atoms with van der Waals surface area (Å²) in [5.41, 5.74) is 1.39. The Hall–Kier alpha value is -2.54. The van der Waals surface area contributed by atoms with E-state index in [2.05, 4.69) is 0 Å². The fourth-order valence-electron chi connectivity index (χ4n) is 3.32. The van der Waals surface area contributed by atoms with Crippen LogP contribution < -0.4 is 4.74 Å². The molecular formula is C23H29NO5S. The van der Waals surface area contributed by atoms with Gasteiger partial charge >= 0.3 is 6.09 Å². The summed E-state index contributed by atoms with van der Waals surface area (Å²) in [6.07, 6.45) is 2.44. The minimum Gasteiger partial charge on any atom is -0.490 e. The quantitative estimate of drug-likeness (QED) is 0.711. The first-order valence-electron chi connectivity index (χ1n) is 10.1. The smallest absolute Gasteiger partial charge is 0.410 e. The van der Waals surface area contributed by atoms with Crippen LogP contribution in [-0.2, 0) is 14.6 Å². The van der Waals surface area contributed by atoms with E-state index < -0.39 is 15.4 Å². The van der Waals surface area contributed by atoms with Gasteiger partial charge in [0.05, 0.1) is 4.90 Å². The molecule has 6 nitrogen and oxygen atoms in total. The van der Waals surface area contributed by atoms with Crippen LogP contribution in [0.2, 0.25) is 0 Å². The molecule has 0 aromatic heterocycles. The minimum atomic E-state index is -3.21. The molecule has 1 amide bonds. The zero-order valence-corrected chi connectivity index (χ0v) is 18.7. The molecule has 1 aliphatic rings. The maximum absolute atomic E-state index is 12.2. The number of nitrogens with zero attached hydrogens (tertiary/aromatic N) is 1. The molecule has 0 atom stereocenters. The Morgan fingerprint density at radius 2 is 1.63 bits per heavy atom. The zero-order chi connectivity index (χ0) is 21.9. The van der Waals surface area contributed by atoms with E-state index in [4.69, 9.17) is 9.47 Å². The van der Waals surface area contributed by atoms with E-state index in [0.29, 0.717) is 18.0 Å². The molecule has 0 radical (unpaired) electrons. The van der Waals surface area contributed by atoms with Gasteiger partial charge in [-0.1, -0.05) is 24.3 Å². The molecule has 0 saturated carbocycles. The molecule has 1 heterocycles. The summed E-state index contributed by atoms with van der Waals surface area (Å²) in [4.78, 5) is 14.2. The molecule has 0 unspecified atom stereocenters. The minimum absolute atomic E-state index is 0.0338. The highest BCUT2D eigenvalue weighted by atomic mass is 32.2. The van der Waals surface area contributed by atoms with Gasteiger partial charge in [0.15, 0.2) is 9.84 Å². The SMILES string of the molecule is CC(C)(C)OC(=O)N1CCC(Oc2cccc(-c3ccc(S(C)(=O)=O)cc3)c2)CC1. The van der Waals surface area contributed by atoms with Gasteiger partial charge in [0.25, 0.3) is 0 Å². The Labute approximate surface area is 178 Å². The fraction of sp³-hybridized carbons (Fsp3) is 0.435. The number of rotatable bonds is 4. The Morgan fingerprint density at radius 1 is 1.00 bits per heavy atom. The van der Waals surface area contributed by atoms with Gasteiger partial charge in [-0.05, 0) is 56.2 Å². The second-order valence-electron chi connectivity index (χ2n) is 8.61. The summed E-state index contributed by atoms with van der Waals surface area (Å²) < 4.78 is 34.9. The van der Waals surface area contributed by atoms with E-state index in [1.165, 1.54) is 6.26 Å². The molecule has 162 valence electrons. The van der Waals surface area contributed by atoms with Crippen molar-refractivity contribution < 1.29 is 22.7 Å². The third-order valence-corrected chi connectivity index (χ3v) is 5.97. The standard InChI is InChI=1S/C23H29NO5S/c1-23(2,3)29-22(25)24-14-12-19(13-15-24)28-20-7-5-6-18(16-20)17-8-10-21(11-9-17)30(4,26)27/h5-11,16,19H,12-15H2,1-4H3. The second-order valence-corrected chi connectivity index (χ2v) is 10.6. The number of benzene rings is 2. The van der Waals surface area contributed by atoms with Crippen LogP contribution in [0.5, 0.6) is 5.75 Å². The Kier molecular flexibility index (Phi) is 6.41. The summed E-state index contributed by atoms with van der Waals surface area (Å²) in [5.74, 6) is 0.760. The summed E-state index contributed by atoms with van der Waals surface area (Å²) in [6.45, 7) is 6.80. The van der Waals surface area contributed by atoms with Crippen LogP contribution >= 0.6 is 0 Å². The van der Waals surface area contributed by atoms with Gasteiger partial charge in [0.2, 0.25) is 0 Å². The van der Waals surface area contributed by atoms with E-state index >= 15 is 0 Å². The van der Waals surface area contributed by atoms with Gasteiger partial charge in [-0.2, -0.15) is 0 Å². The van der Waals surface area contributed by atoms with Crippen molar-refractivity contribution >= 4 is 15.9 Å². The van der Waals surface area contributed by atoms with Gasteiger partial charge in [-0.25, -0.2) is 13.2 Å². The summed E-state index contributed by atoms with van der Waals surface area (Å²) in [6, 6.07) is 14.6. The third-order valence-electron chi connectivity index (χ3n) is 4.85. The molecule has 3 rings (SSSR count). The Balaban J connectivity index is 1.61. The molecule has 0 N–H and O–H groups in total. The molecule has 1 aliphatic heterocycles. The van der Waals surface area contributed by atoms with Crippen molar-refractivity contribution in [2.45, 2.75) is 50.2 Å². The molecule has 1 fully saturated rings. The lowest BCUT2D eigenvalue weighted by atomic mass is 10.1. The number of carbonyl (C=O) groups excluding carboxylic acids is 1. The second kappa shape index (κ2) is 8.68. The van der Waals surface area contributed by atoms with Gasteiger partial charge < -0.3 is 14.4 Å². The number of hydrogen-bond donors (Lipinski definition) is 0. The number of likely N-dealkylation sites (tertiary alicyclic amines) is 1. The normalized spacial score (nSPS) is 15.7. The average molecular weight is 432 g/mol. The number of ether oxygens (including phenoxy) is 2. The molecular weight excluding hydrogens is 402 g/mol. The average Bonchev–Trinajstić information content (AvgIpc) is 2.67. The summed E-state index contributed by atoms with van der Waals surface area (Å²) in [7, 11) is -3.21. The Bertz CT molecular complexity index is 985. The first kappa shape index (κ1) is 22.2. The molecule has 2 aromatic carbocycles. The highest BCUT2D eigenvalue weighted by Gasteiger charge is 2.27. The van der Waals surface area contributed by atoms with Crippen LogP contribution in [0, 0.1) is 0 Å². The van der Waals surface area contributed by atoms with Crippen LogP contribution in [0.4, 0.5) is 4.79 Å². The number of amides is 1. The molecule has 30 heavy (non-hydrogen) atoms. The van der Waals surface area contributed by atoms with Crippen molar-refractivity contribution in [1.82, 2.24) is 4.90 Å². The van der Waals surface area contributed by atoms with E-state index in [9.17, 15) is 13.2 Å². The van der Waals surface area contributed by atoms with Gasteiger partial charge in [0, 0.05) is 32.2 Å². The third kappa shape index (κ3) is 5.98. The summed E-state index contributed by atoms with van der Waals surface area (Å²) >= 11 is 0. The molecule has 0 aliphatic carbocycles.